The van der Waals surface area contributed by atoms with Crippen LogP contribution in [0.1, 0.15) is 45.6 Å². The number of aryl methyl sites for hydroxylation is 3. The Bertz CT molecular complexity index is 1100. The Balaban J connectivity index is 1.44. The van der Waals surface area contributed by atoms with Gasteiger partial charge in [-0.25, -0.2) is 15.0 Å². The van der Waals surface area contributed by atoms with Crippen LogP contribution in [0.5, 0.6) is 0 Å². The van der Waals surface area contributed by atoms with Crippen LogP contribution >= 0.6 is 22.7 Å². The van der Waals surface area contributed by atoms with Gasteiger partial charge < -0.3 is 10.2 Å². The van der Waals surface area contributed by atoms with Crippen molar-refractivity contribution < 1.29 is 9.59 Å². The second-order valence-corrected chi connectivity index (χ2v) is 9.60. The van der Waals surface area contributed by atoms with Gasteiger partial charge >= 0.3 is 0 Å². The second-order valence-electron chi connectivity index (χ2n) is 7.40. The van der Waals surface area contributed by atoms with Crippen LogP contribution in [0.2, 0.25) is 0 Å². The standard InChI is InChI=1S/C20H23N5O2S2/c1-10-13(4)28-19-15(10)17(21-9-22-19)25-7-5-14(6-8-25)18(27)24-20-23-11(2)16(29-20)12(3)26/h9,14H,5-8H2,1-4H3,(H,23,24,27). The van der Waals surface area contributed by atoms with Gasteiger partial charge in [-0.3, -0.25) is 9.59 Å². The minimum atomic E-state index is -0.0705. The normalized spacial score (nSPS) is 15.1. The highest BCUT2D eigenvalue weighted by atomic mass is 32.1. The van der Waals surface area contributed by atoms with E-state index in [-0.39, 0.29) is 17.6 Å². The lowest BCUT2D eigenvalue weighted by atomic mass is 9.96. The number of fused-ring (bicyclic) bond motifs is 1. The molecular formula is C20H23N5O2S2. The number of ketones is 1. The molecule has 0 aromatic carbocycles. The third-order valence-electron chi connectivity index (χ3n) is 5.46. The van der Waals surface area contributed by atoms with Crippen LogP contribution in [-0.4, -0.2) is 39.7 Å². The Hall–Kier alpha value is -2.39. The number of nitrogens with one attached hydrogen (secondary N) is 1. The van der Waals surface area contributed by atoms with Gasteiger partial charge in [-0.2, -0.15) is 0 Å². The molecule has 0 saturated carbocycles. The fourth-order valence-electron chi connectivity index (χ4n) is 3.74. The summed E-state index contributed by atoms with van der Waals surface area (Å²) in [5, 5.41) is 4.53. The molecule has 9 heteroatoms. The molecule has 0 unspecified atom stereocenters. The number of piperidine rings is 1. The largest absolute Gasteiger partial charge is 0.356 e. The van der Waals surface area contributed by atoms with Gasteiger partial charge in [0.1, 0.15) is 17.0 Å². The zero-order valence-electron chi connectivity index (χ0n) is 16.9. The molecule has 3 aromatic rings. The van der Waals surface area contributed by atoms with Crippen molar-refractivity contribution in [3.8, 4) is 0 Å². The van der Waals surface area contributed by atoms with Crippen molar-refractivity contribution in [3.63, 3.8) is 0 Å². The molecule has 0 aliphatic carbocycles. The minimum absolute atomic E-state index is 0.0241. The summed E-state index contributed by atoms with van der Waals surface area (Å²) < 4.78 is 0. The van der Waals surface area contributed by atoms with E-state index in [1.54, 1.807) is 24.6 Å². The van der Waals surface area contributed by atoms with Crippen molar-refractivity contribution in [2.75, 3.05) is 23.3 Å². The topological polar surface area (TPSA) is 88.1 Å². The minimum Gasteiger partial charge on any atom is -0.356 e. The number of thiophene rings is 1. The van der Waals surface area contributed by atoms with Crippen LogP contribution in [0.25, 0.3) is 10.2 Å². The van der Waals surface area contributed by atoms with E-state index in [1.807, 2.05) is 0 Å². The van der Waals surface area contributed by atoms with E-state index in [0.29, 0.717) is 15.7 Å². The number of amides is 1. The summed E-state index contributed by atoms with van der Waals surface area (Å²) in [7, 11) is 0. The smallest absolute Gasteiger partial charge is 0.229 e. The molecule has 1 aliphatic heterocycles. The van der Waals surface area contributed by atoms with E-state index in [0.717, 1.165) is 42.0 Å². The number of thiazole rings is 1. The van der Waals surface area contributed by atoms with Gasteiger partial charge in [0.05, 0.1) is 16.0 Å². The predicted molar refractivity (Wildman–Crippen MR) is 117 cm³/mol. The fourth-order valence-corrected chi connectivity index (χ4v) is 5.60. The number of carbonyl (C=O) groups excluding carboxylic acids is 2. The first-order valence-corrected chi connectivity index (χ1v) is 11.2. The summed E-state index contributed by atoms with van der Waals surface area (Å²) in [6, 6.07) is 0. The molecule has 4 heterocycles. The summed E-state index contributed by atoms with van der Waals surface area (Å²) in [6.45, 7) is 9.08. The quantitative estimate of drug-likeness (QED) is 0.628. The maximum atomic E-state index is 12.7. The van der Waals surface area contributed by atoms with Crippen molar-refractivity contribution in [1.82, 2.24) is 15.0 Å². The van der Waals surface area contributed by atoms with Gasteiger partial charge in [0.15, 0.2) is 10.9 Å². The molecule has 1 fully saturated rings. The van der Waals surface area contributed by atoms with Crippen LogP contribution in [0.15, 0.2) is 6.33 Å². The van der Waals surface area contributed by atoms with Crippen molar-refractivity contribution >= 4 is 55.5 Å². The molecule has 0 radical (unpaired) electrons. The van der Waals surface area contributed by atoms with E-state index < -0.39 is 0 Å². The van der Waals surface area contributed by atoms with Crippen LogP contribution in [-0.2, 0) is 4.79 Å². The highest BCUT2D eigenvalue weighted by Gasteiger charge is 2.28. The highest BCUT2D eigenvalue weighted by Crippen LogP contribution is 2.35. The molecule has 1 N–H and O–H groups in total. The lowest BCUT2D eigenvalue weighted by Gasteiger charge is -2.32. The third-order valence-corrected chi connectivity index (χ3v) is 7.75. The molecule has 4 rings (SSSR count). The summed E-state index contributed by atoms with van der Waals surface area (Å²) >= 11 is 2.94. The number of carbonyl (C=O) groups is 2. The van der Waals surface area contributed by atoms with Crippen molar-refractivity contribution in [3.05, 3.63) is 27.3 Å². The first-order valence-electron chi connectivity index (χ1n) is 9.60. The Morgan fingerprint density at radius 2 is 1.86 bits per heavy atom. The maximum absolute atomic E-state index is 12.7. The lowest BCUT2D eigenvalue weighted by molar-refractivity contribution is -0.120. The summed E-state index contributed by atoms with van der Waals surface area (Å²) in [6.07, 6.45) is 3.14. The molecule has 29 heavy (non-hydrogen) atoms. The molecule has 0 atom stereocenters. The molecule has 0 bridgehead atoms. The average Bonchev–Trinajstić information content (AvgIpc) is 3.21. The summed E-state index contributed by atoms with van der Waals surface area (Å²) in [5.41, 5.74) is 1.91. The summed E-state index contributed by atoms with van der Waals surface area (Å²) in [4.78, 5) is 42.7. The van der Waals surface area contributed by atoms with Gasteiger partial charge in [0, 0.05) is 30.8 Å². The fraction of sp³-hybridized carbons (Fsp3) is 0.450. The molecule has 3 aromatic heterocycles. The van der Waals surface area contributed by atoms with Gasteiger partial charge in [-0.05, 0) is 39.2 Å². The molecular weight excluding hydrogens is 406 g/mol. The second kappa shape index (κ2) is 7.79. The Labute approximate surface area is 177 Å². The highest BCUT2D eigenvalue weighted by molar-refractivity contribution is 7.19. The molecule has 7 nitrogen and oxygen atoms in total. The average molecular weight is 430 g/mol. The van der Waals surface area contributed by atoms with Crippen molar-refractivity contribution in [2.45, 2.75) is 40.5 Å². The predicted octanol–water partition coefficient (Wildman–Crippen LogP) is 4.13. The number of hydrogen-bond donors (Lipinski definition) is 1. The van der Waals surface area contributed by atoms with Crippen LogP contribution in [0, 0.1) is 26.7 Å². The Morgan fingerprint density at radius 3 is 2.52 bits per heavy atom. The molecule has 152 valence electrons. The number of hydrogen-bond acceptors (Lipinski definition) is 8. The lowest BCUT2D eigenvalue weighted by Crippen LogP contribution is -2.38. The monoisotopic (exact) mass is 429 g/mol. The van der Waals surface area contributed by atoms with Crippen LogP contribution < -0.4 is 10.2 Å². The van der Waals surface area contributed by atoms with Gasteiger partial charge in [-0.15, -0.1) is 11.3 Å². The molecule has 1 aliphatic rings. The van der Waals surface area contributed by atoms with E-state index in [4.69, 9.17) is 0 Å². The zero-order valence-corrected chi connectivity index (χ0v) is 18.5. The molecule has 1 amide bonds. The van der Waals surface area contributed by atoms with Gasteiger partial charge in [-0.1, -0.05) is 11.3 Å². The maximum Gasteiger partial charge on any atom is 0.229 e. The SMILES string of the molecule is CC(=O)c1sc(NC(=O)C2CCN(c3ncnc4sc(C)c(C)c34)CC2)nc1C. The van der Waals surface area contributed by atoms with E-state index in [1.165, 1.54) is 28.7 Å². The third kappa shape index (κ3) is 3.76. The number of nitrogens with zero attached hydrogens (tertiary/aromatic N) is 4. The molecule has 0 spiro atoms. The Morgan fingerprint density at radius 1 is 1.14 bits per heavy atom. The number of aromatic nitrogens is 3. The first kappa shape index (κ1) is 19.9. The van der Waals surface area contributed by atoms with E-state index in [9.17, 15) is 9.59 Å². The molecule has 1 saturated heterocycles. The zero-order chi connectivity index (χ0) is 20.7. The van der Waals surface area contributed by atoms with Gasteiger partial charge in [0.2, 0.25) is 5.91 Å². The van der Waals surface area contributed by atoms with E-state index >= 15 is 0 Å². The van der Waals surface area contributed by atoms with Crippen LogP contribution in [0.3, 0.4) is 0 Å². The summed E-state index contributed by atoms with van der Waals surface area (Å²) in [5.74, 6) is 0.851. The Kier molecular flexibility index (Phi) is 5.35. The van der Waals surface area contributed by atoms with E-state index in [2.05, 4.69) is 39.0 Å². The van der Waals surface area contributed by atoms with Gasteiger partial charge in [0.25, 0.3) is 0 Å². The number of rotatable bonds is 4. The first-order chi connectivity index (χ1) is 13.8. The van der Waals surface area contributed by atoms with Crippen molar-refractivity contribution in [1.29, 1.82) is 0 Å². The van der Waals surface area contributed by atoms with Crippen molar-refractivity contribution in [2.24, 2.45) is 5.92 Å². The number of anilines is 2. The van der Waals surface area contributed by atoms with Crippen LogP contribution in [0.4, 0.5) is 10.9 Å². The number of Topliss-reactive ketones (excluding diaryl/α,β-unsaturated/α-hetero) is 1.